The van der Waals surface area contributed by atoms with Gasteiger partial charge in [-0.1, -0.05) is 30.1 Å². The molecule has 0 unspecified atom stereocenters. The molecular weight excluding hydrogens is 666 g/mol. The molecule has 0 fully saturated rings. The van der Waals surface area contributed by atoms with E-state index in [4.69, 9.17) is 17.2 Å². The zero-order valence-electron chi connectivity index (χ0n) is 25.5. The van der Waals surface area contributed by atoms with Crippen LogP contribution in [-0.2, 0) is 9.59 Å². The molecule has 8 N–H and O–H groups in total. The number of carbonyl (C=O) groups excluding carboxylic acids is 2. The van der Waals surface area contributed by atoms with Gasteiger partial charge in [-0.2, -0.15) is 27.5 Å². The largest absolute Gasteiger partial charge is 0.355 e. The zero-order chi connectivity index (χ0) is 36.2. The third-order valence-corrected chi connectivity index (χ3v) is 6.81. The van der Waals surface area contributed by atoms with Crippen molar-refractivity contribution in [3.05, 3.63) is 87.5 Å². The molecule has 0 aliphatic rings. The van der Waals surface area contributed by atoms with Crippen LogP contribution in [-0.4, -0.2) is 47.0 Å². The fourth-order valence-corrected chi connectivity index (χ4v) is 4.13. The highest BCUT2D eigenvalue weighted by molar-refractivity contribution is 5.95. The summed E-state index contributed by atoms with van der Waals surface area (Å²) in [6.07, 6.45) is 3.06. The molecule has 2 amide bonds. The number of nitrogens with zero attached hydrogens (tertiary/aromatic N) is 2. The highest BCUT2D eigenvalue weighted by Crippen LogP contribution is 2.20. The molecule has 0 saturated heterocycles. The number of hydrogen-bond donors (Lipinski definition) is 5. The van der Waals surface area contributed by atoms with Crippen molar-refractivity contribution in [2.24, 2.45) is 17.2 Å². The lowest BCUT2D eigenvalue weighted by Gasteiger charge is -2.14. The summed E-state index contributed by atoms with van der Waals surface area (Å²) in [5, 5.41) is 5.17. The second-order valence-electron chi connectivity index (χ2n) is 10.4. The number of halogens is 8. The van der Waals surface area contributed by atoms with Gasteiger partial charge < -0.3 is 27.8 Å². The number of amides is 2. The molecular formula is C32H29F8N7O2. The van der Waals surface area contributed by atoms with Crippen LogP contribution in [0.3, 0.4) is 0 Å². The monoisotopic (exact) mass is 695 g/mol. The van der Waals surface area contributed by atoms with Gasteiger partial charge in [0.25, 0.3) is 23.8 Å². The van der Waals surface area contributed by atoms with E-state index < -0.39 is 76.2 Å². The Morgan fingerprint density at radius 3 is 1.63 bits per heavy atom. The number of nitrogens with two attached hydrogens (primary N) is 3. The van der Waals surface area contributed by atoms with Gasteiger partial charge in [0.1, 0.15) is 11.1 Å². The van der Waals surface area contributed by atoms with E-state index in [0.717, 1.165) is 25.0 Å². The lowest BCUT2D eigenvalue weighted by atomic mass is 10.0. The maximum atomic E-state index is 14.2. The maximum absolute atomic E-state index is 14.2. The topological polar surface area (TPSA) is 162 Å². The molecule has 2 atom stereocenters. The number of pyridine rings is 2. The third-order valence-electron chi connectivity index (χ3n) is 6.81. The minimum atomic E-state index is -1.99. The summed E-state index contributed by atoms with van der Waals surface area (Å²) in [4.78, 5) is 29.6. The van der Waals surface area contributed by atoms with Crippen molar-refractivity contribution in [2.75, 3.05) is 18.4 Å². The molecule has 9 nitrogen and oxygen atoms in total. The van der Waals surface area contributed by atoms with Gasteiger partial charge in [-0.25, -0.2) is 17.6 Å². The predicted octanol–water partition coefficient (Wildman–Crippen LogP) is 3.40. The van der Waals surface area contributed by atoms with Crippen LogP contribution in [0.1, 0.15) is 60.8 Å². The van der Waals surface area contributed by atoms with E-state index in [1.165, 1.54) is 6.07 Å². The molecule has 0 radical (unpaired) electrons. The molecule has 0 aliphatic carbocycles. The van der Waals surface area contributed by atoms with Crippen molar-refractivity contribution in [2.45, 2.75) is 50.6 Å². The van der Waals surface area contributed by atoms with Crippen molar-refractivity contribution >= 4 is 17.5 Å². The molecule has 0 aliphatic heterocycles. The van der Waals surface area contributed by atoms with Gasteiger partial charge in [-0.15, -0.1) is 0 Å². The lowest BCUT2D eigenvalue weighted by molar-refractivity contribution is -0.122. The Kier molecular flexibility index (Phi) is 14.0. The van der Waals surface area contributed by atoms with Crippen molar-refractivity contribution in [3.63, 3.8) is 0 Å². The second kappa shape index (κ2) is 17.9. The summed E-state index contributed by atoms with van der Waals surface area (Å²) in [5.41, 5.74) is 13.9. The van der Waals surface area contributed by atoms with Gasteiger partial charge in [-0.05, 0) is 56.8 Å². The lowest BCUT2D eigenvalue weighted by Crippen LogP contribution is -2.41. The Labute approximate surface area is 275 Å². The van der Waals surface area contributed by atoms with Crippen molar-refractivity contribution in [1.82, 2.24) is 15.3 Å². The van der Waals surface area contributed by atoms with Crippen LogP contribution in [0.15, 0.2) is 18.2 Å². The summed E-state index contributed by atoms with van der Waals surface area (Å²) in [6.45, 7) is 0.794. The maximum Gasteiger partial charge on any atom is 0.253 e. The zero-order valence-corrected chi connectivity index (χ0v) is 25.5. The minimum absolute atomic E-state index is 0.0161. The van der Waals surface area contributed by atoms with E-state index in [1.807, 2.05) is 11.8 Å². The fraction of sp³-hybridized carbons (Fsp3) is 0.312. The molecule has 0 bridgehead atoms. The average Bonchev–Trinajstić information content (AvgIpc) is 3.06. The first-order valence-electron chi connectivity index (χ1n) is 14.6. The van der Waals surface area contributed by atoms with Crippen molar-refractivity contribution < 1.29 is 44.7 Å². The number of hydrogen-bond acceptors (Lipinski definition) is 7. The number of rotatable bonds is 12. The molecule has 2 heterocycles. The number of benzene rings is 1. The van der Waals surface area contributed by atoms with Gasteiger partial charge in [0.2, 0.25) is 11.8 Å². The molecule has 17 heteroatoms. The van der Waals surface area contributed by atoms with E-state index >= 15 is 0 Å². The molecule has 260 valence electrons. The SMILES string of the molecule is NCCCC[C@H](N)C(=O)NCCCC[C@H](N)C(=O)Nc1ccc(C#Cc2c(F)c(F)nc(F)c2F)c(C#Cc2c(F)c(F)nc(F)c2F)c1. The molecule has 1 aromatic carbocycles. The first kappa shape index (κ1) is 38.3. The Morgan fingerprint density at radius 1 is 0.653 bits per heavy atom. The molecule has 49 heavy (non-hydrogen) atoms. The van der Waals surface area contributed by atoms with Crippen molar-refractivity contribution in [1.29, 1.82) is 0 Å². The predicted molar refractivity (Wildman–Crippen MR) is 161 cm³/mol. The quantitative estimate of drug-likeness (QED) is 0.0840. The first-order chi connectivity index (χ1) is 23.2. The van der Waals surface area contributed by atoms with E-state index in [0.29, 0.717) is 32.4 Å². The number of aromatic nitrogens is 2. The number of carbonyl (C=O) groups is 2. The number of unbranched alkanes of at least 4 members (excludes halogenated alkanes) is 2. The third kappa shape index (κ3) is 10.4. The highest BCUT2D eigenvalue weighted by Gasteiger charge is 2.21. The van der Waals surface area contributed by atoms with Crippen LogP contribution in [0.4, 0.5) is 40.8 Å². The van der Waals surface area contributed by atoms with Gasteiger partial charge >= 0.3 is 0 Å². The van der Waals surface area contributed by atoms with Crippen LogP contribution in [0.2, 0.25) is 0 Å². The Bertz CT molecular complexity index is 1780. The molecule has 3 rings (SSSR count). The number of anilines is 1. The van der Waals surface area contributed by atoms with Crippen molar-refractivity contribution in [3.8, 4) is 23.7 Å². The number of nitrogens with one attached hydrogen (secondary N) is 2. The van der Waals surface area contributed by atoms with E-state index in [9.17, 15) is 44.7 Å². The normalized spacial score (nSPS) is 11.9. The molecule has 0 saturated carbocycles. The minimum Gasteiger partial charge on any atom is -0.355 e. The average molecular weight is 696 g/mol. The van der Waals surface area contributed by atoms with Gasteiger partial charge in [0.15, 0.2) is 23.3 Å². The van der Waals surface area contributed by atoms with Crippen LogP contribution < -0.4 is 27.8 Å². The van der Waals surface area contributed by atoms with Crippen LogP contribution in [0, 0.1) is 70.7 Å². The Morgan fingerprint density at radius 2 is 1.12 bits per heavy atom. The summed E-state index contributed by atoms with van der Waals surface area (Å²) in [5.74, 6) is -8.44. The van der Waals surface area contributed by atoms with Gasteiger partial charge in [0, 0.05) is 23.4 Å². The van der Waals surface area contributed by atoms with Crippen LogP contribution >= 0.6 is 0 Å². The summed E-state index contributed by atoms with van der Waals surface area (Å²) >= 11 is 0. The molecule has 2 aromatic heterocycles. The standard InChI is InChI=1S/C32H29F8N7O2/c33-23-19(24(34)28(38)46-27(23)37)11-8-16-7-10-18(15-17(16)9-12-20-25(35)29(39)47-30(40)26(20)36)45-32(49)22(43)6-2-4-14-44-31(48)21(42)5-1-3-13-41/h7,10,15,21-22H,1-6,13-14,41-43H2,(H,44,48)(H,45,49)/t21-,22-/m0/s1. The fourth-order valence-electron chi connectivity index (χ4n) is 4.13. The summed E-state index contributed by atoms with van der Waals surface area (Å²) in [6, 6.07) is 1.71. The first-order valence-corrected chi connectivity index (χ1v) is 14.6. The highest BCUT2D eigenvalue weighted by atomic mass is 19.2. The molecule has 3 aromatic rings. The van der Waals surface area contributed by atoms with Gasteiger partial charge in [-0.3, -0.25) is 9.59 Å². The second-order valence-corrected chi connectivity index (χ2v) is 10.4. The smallest absolute Gasteiger partial charge is 0.253 e. The Balaban J connectivity index is 1.80. The Hall–Kier alpha value is -5.10. The summed E-state index contributed by atoms with van der Waals surface area (Å²) < 4.78 is 111. The van der Waals surface area contributed by atoms with Crippen LogP contribution in [0.5, 0.6) is 0 Å². The molecule has 0 spiro atoms. The van der Waals surface area contributed by atoms with Gasteiger partial charge in [0.05, 0.1) is 12.1 Å². The van der Waals surface area contributed by atoms with E-state index in [-0.39, 0.29) is 29.1 Å². The van der Waals surface area contributed by atoms with E-state index in [1.54, 1.807) is 0 Å². The van der Waals surface area contributed by atoms with Crippen LogP contribution in [0.25, 0.3) is 0 Å². The summed E-state index contributed by atoms with van der Waals surface area (Å²) in [7, 11) is 0. The van der Waals surface area contributed by atoms with E-state index in [2.05, 4.69) is 32.4 Å².